The number of halogens is 2. The SMILES string of the molecule is CC(C)C(CCO)NCc1ccc(Cl)c(F)c1. The Labute approximate surface area is 107 Å². The minimum absolute atomic E-state index is 0.143. The summed E-state index contributed by atoms with van der Waals surface area (Å²) in [6.07, 6.45) is 0.702. The first-order valence-electron chi connectivity index (χ1n) is 5.82. The molecule has 1 rings (SSSR count). The standard InChI is InChI=1S/C13H19ClFNO/c1-9(2)13(5-6-17)16-8-10-3-4-11(14)12(15)7-10/h3-4,7,9,13,16-17H,5-6,8H2,1-2H3. The first-order valence-corrected chi connectivity index (χ1v) is 6.20. The highest BCUT2D eigenvalue weighted by molar-refractivity contribution is 6.30. The lowest BCUT2D eigenvalue weighted by Gasteiger charge is -2.21. The summed E-state index contributed by atoms with van der Waals surface area (Å²) < 4.78 is 13.2. The van der Waals surface area contributed by atoms with E-state index >= 15 is 0 Å². The van der Waals surface area contributed by atoms with E-state index < -0.39 is 5.82 Å². The van der Waals surface area contributed by atoms with Crippen LogP contribution in [0.25, 0.3) is 0 Å². The highest BCUT2D eigenvalue weighted by atomic mass is 35.5. The summed E-state index contributed by atoms with van der Waals surface area (Å²) in [7, 11) is 0. The zero-order valence-electron chi connectivity index (χ0n) is 10.2. The van der Waals surface area contributed by atoms with Crippen LogP contribution in [-0.2, 0) is 6.54 Å². The van der Waals surface area contributed by atoms with Crippen LogP contribution in [0.1, 0.15) is 25.8 Å². The molecule has 0 amide bonds. The van der Waals surface area contributed by atoms with E-state index in [1.54, 1.807) is 12.1 Å². The zero-order chi connectivity index (χ0) is 12.8. The third kappa shape index (κ3) is 4.62. The fourth-order valence-electron chi connectivity index (χ4n) is 1.71. The van der Waals surface area contributed by atoms with Gasteiger partial charge in [-0.15, -0.1) is 0 Å². The predicted molar refractivity (Wildman–Crippen MR) is 68.6 cm³/mol. The summed E-state index contributed by atoms with van der Waals surface area (Å²) in [6, 6.07) is 5.03. The molecule has 4 heteroatoms. The molecule has 0 radical (unpaired) electrons. The lowest BCUT2D eigenvalue weighted by atomic mass is 10.0. The van der Waals surface area contributed by atoms with Crippen molar-refractivity contribution in [3.8, 4) is 0 Å². The van der Waals surface area contributed by atoms with Crippen LogP contribution < -0.4 is 5.32 Å². The van der Waals surface area contributed by atoms with Crippen LogP contribution in [0.5, 0.6) is 0 Å². The van der Waals surface area contributed by atoms with Crippen LogP contribution >= 0.6 is 11.6 Å². The lowest BCUT2D eigenvalue weighted by molar-refractivity contribution is 0.244. The van der Waals surface area contributed by atoms with Crippen molar-refractivity contribution in [2.24, 2.45) is 5.92 Å². The maximum atomic E-state index is 13.2. The van der Waals surface area contributed by atoms with Gasteiger partial charge in [-0.1, -0.05) is 31.5 Å². The van der Waals surface area contributed by atoms with Crippen LogP contribution in [0, 0.1) is 11.7 Å². The Hall–Kier alpha value is -0.640. The Morgan fingerprint density at radius 3 is 2.65 bits per heavy atom. The summed E-state index contributed by atoms with van der Waals surface area (Å²) >= 11 is 5.62. The van der Waals surface area contributed by atoms with E-state index in [4.69, 9.17) is 16.7 Å². The largest absolute Gasteiger partial charge is 0.396 e. The highest BCUT2D eigenvalue weighted by Crippen LogP contribution is 2.16. The second-order valence-electron chi connectivity index (χ2n) is 4.49. The van der Waals surface area contributed by atoms with Gasteiger partial charge in [0.2, 0.25) is 0 Å². The van der Waals surface area contributed by atoms with Gasteiger partial charge in [0.25, 0.3) is 0 Å². The Morgan fingerprint density at radius 2 is 2.12 bits per heavy atom. The second kappa shape index (κ2) is 6.94. The second-order valence-corrected chi connectivity index (χ2v) is 4.90. The topological polar surface area (TPSA) is 32.3 Å². The van der Waals surface area contributed by atoms with E-state index in [9.17, 15) is 4.39 Å². The molecule has 0 aliphatic carbocycles. The number of benzene rings is 1. The fourth-order valence-corrected chi connectivity index (χ4v) is 1.83. The van der Waals surface area contributed by atoms with Crippen molar-refractivity contribution < 1.29 is 9.50 Å². The van der Waals surface area contributed by atoms with Crippen LogP contribution in [0.3, 0.4) is 0 Å². The molecule has 2 N–H and O–H groups in total. The van der Waals surface area contributed by atoms with Crippen molar-refractivity contribution in [1.29, 1.82) is 0 Å². The zero-order valence-corrected chi connectivity index (χ0v) is 11.0. The van der Waals surface area contributed by atoms with Gasteiger partial charge in [0.15, 0.2) is 0 Å². The summed E-state index contributed by atoms with van der Waals surface area (Å²) in [5.41, 5.74) is 0.857. The van der Waals surface area contributed by atoms with E-state index in [0.29, 0.717) is 18.9 Å². The predicted octanol–water partition coefficient (Wildman–Crippen LogP) is 2.98. The van der Waals surface area contributed by atoms with Crippen LogP contribution in [-0.4, -0.2) is 17.8 Å². The van der Waals surface area contributed by atoms with Gasteiger partial charge in [-0.2, -0.15) is 0 Å². The van der Waals surface area contributed by atoms with E-state index in [-0.39, 0.29) is 17.7 Å². The normalized spacial score (nSPS) is 13.1. The van der Waals surface area contributed by atoms with Crippen molar-refractivity contribution >= 4 is 11.6 Å². The fraction of sp³-hybridized carbons (Fsp3) is 0.538. The number of rotatable bonds is 6. The summed E-state index contributed by atoms with van der Waals surface area (Å²) in [6.45, 7) is 4.92. The maximum Gasteiger partial charge on any atom is 0.142 e. The van der Waals surface area contributed by atoms with Gasteiger partial charge in [0, 0.05) is 19.2 Å². The average Bonchev–Trinajstić information content (AvgIpc) is 2.28. The van der Waals surface area contributed by atoms with Gasteiger partial charge in [0.1, 0.15) is 5.82 Å². The molecule has 0 bridgehead atoms. The quantitative estimate of drug-likeness (QED) is 0.823. The van der Waals surface area contributed by atoms with Crippen molar-refractivity contribution in [1.82, 2.24) is 5.32 Å². The monoisotopic (exact) mass is 259 g/mol. The molecule has 0 aliphatic rings. The first-order chi connectivity index (χ1) is 8.04. The number of aliphatic hydroxyl groups is 1. The highest BCUT2D eigenvalue weighted by Gasteiger charge is 2.12. The first kappa shape index (κ1) is 14.4. The van der Waals surface area contributed by atoms with E-state index in [1.807, 2.05) is 0 Å². The molecular weight excluding hydrogens is 241 g/mol. The van der Waals surface area contributed by atoms with Crippen molar-refractivity contribution in [2.75, 3.05) is 6.61 Å². The molecule has 1 aromatic rings. The summed E-state index contributed by atoms with van der Waals surface area (Å²) in [5.74, 6) is 0.0357. The third-order valence-electron chi connectivity index (χ3n) is 2.80. The van der Waals surface area contributed by atoms with E-state index in [2.05, 4.69) is 19.2 Å². The molecule has 0 aromatic heterocycles. The lowest BCUT2D eigenvalue weighted by Crippen LogP contribution is -2.34. The van der Waals surface area contributed by atoms with Gasteiger partial charge in [-0.25, -0.2) is 4.39 Å². The van der Waals surface area contributed by atoms with Gasteiger partial charge in [-0.3, -0.25) is 0 Å². The number of nitrogens with one attached hydrogen (secondary N) is 1. The number of hydrogen-bond acceptors (Lipinski definition) is 2. The molecule has 0 saturated heterocycles. The molecule has 1 unspecified atom stereocenters. The number of aliphatic hydroxyl groups excluding tert-OH is 1. The van der Waals surface area contributed by atoms with Crippen LogP contribution in [0.4, 0.5) is 4.39 Å². The molecule has 0 aliphatic heterocycles. The van der Waals surface area contributed by atoms with Crippen molar-refractivity contribution in [3.63, 3.8) is 0 Å². The minimum Gasteiger partial charge on any atom is -0.396 e. The summed E-state index contributed by atoms with van der Waals surface area (Å²) in [5, 5.41) is 12.4. The number of hydrogen-bond donors (Lipinski definition) is 2. The van der Waals surface area contributed by atoms with Gasteiger partial charge in [-0.05, 0) is 30.0 Å². The Morgan fingerprint density at radius 1 is 1.41 bits per heavy atom. The van der Waals surface area contributed by atoms with E-state index in [1.165, 1.54) is 6.07 Å². The Bertz CT molecular complexity index is 357. The molecule has 0 spiro atoms. The molecule has 1 aromatic carbocycles. The molecule has 1 atom stereocenters. The van der Waals surface area contributed by atoms with Gasteiger partial charge in [0.05, 0.1) is 5.02 Å². The van der Waals surface area contributed by atoms with Gasteiger partial charge >= 0.3 is 0 Å². The maximum absolute atomic E-state index is 13.2. The van der Waals surface area contributed by atoms with Crippen molar-refractivity contribution in [3.05, 3.63) is 34.6 Å². The molecule has 0 fully saturated rings. The Kier molecular flexibility index (Phi) is 5.89. The molecule has 96 valence electrons. The van der Waals surface area contributed by atoms with Gasteiger partial charge < -0.3 is 10.4 Å². The third-order valence-corrected chi connectivity index (χ3v) is 3.10. The minimum atomic E-state index is -0.394. The van der Waals surface area contributed by atoms with Crippen molar-refractivity contribution in [2.45, 2.75) is 32.9 Å². The smallest absolute Gasteiger partial charge is 0.142 e. The van der Waals surface area contributed by atoms with E-state index in [0.717, 1.165) is 5.56 Å². The average molecular weight is 260 g/mol. The molecular formula is C13H19ClFNO. The molecule has 2 nitrogen and oxygen atoms in total. The molecule has 17 heavy (non-hydrogen) atoms. The molecule has 0 saturated carbocycles. The molecule has 0 heterocycles. The van der Waals surface area contributed by atoms with Crippen LogP contribution in [0.15, 0.2) is 18.2 Å². The van der Waals surface area contributed by atoms with Crippen LogP contribution in [0.2, 0.25) is 5.02 Å². The Balaban J connectivity index is 2.56. The summed E-state index contributed by atoms with van der Waals surface area (Å²) in [4.78, 5) is 0.